The summed E-state index contributed by atoms with van der Waals surface area (Å²) in [5.41, 5.74) is 6.46. The number of piperidine rings is 1. The van der Waals surface area contributed by atoms with Gasteiger partial charge in [-0.2, -0.15) is 0 Å². The number of nitrogens with zero attached hydrogens (tertiary/aromatic N) is 2. The van der Waals surface area contributed by atoms with E-state index in [2.05, 4.69) is 0 Å². The zero-order chi connectivity index (χ0) is 18.1. The number of urea groups is 1. The lowest BCUT2D eigenvalue weighted by Gasteiger charge is -2.33. The number of ether oxygens (including phenoxy) is 1. The molecular formula is C19H27N3O3. The smallest absolute Gasteiger partial charge is 0.314 e. The maximum atomic E-state index is 12.9. The Morgan fingerprint density at radius 2 is 2.12 bits per heavy atom. The van der Waals surface area contributed by atoms with Crippen LogP contribution in [0.1, 0.15) is 18.4 Å². The van der Waals surface area contributed by atoms with Crippen molar-refractivity contribution in [2.75, 3.05) is 39.9 Å². The summed E-state index contributed by atoms with van der Waals surface area (Å²) in [5, 5.41) is 0. The number of nitrogens with two attached hydrogens (primary N) is 1. The van der Waals surface area contributed by atoms with Crippen LogP contribution in [-0.2, 0) is 9.53 Å². The number of benzene rings is 1. The molecule has 1 fully saturated rings. The molecule has 6 heteroatoms. The highest BCUT2D eigenvalue weighted by atomic mass is 16.5. The van der Waals surface area contributed by atoms with Crippen molar-refractivity contribution >= 4 is 18.0 Å². The molecule has 1 heterocycles. The van der Waals surface area contributed by atoms with Crippen molar-refractivity contribution in [2.45, 2.75) is 12.8 Å². The zero-order valence-corrected chi connectivity index (χ0v) is 14.8. The molecule has 2 rings (SSSR count). The Kier molecular flexibility index (Phi) is 7.47. The third-order valence-electron chi connectivity index (χ3n) is 4.39. The molecule has 0 spiro atoms. The molecule has 0 bridgehead atoms. The Bertz CT molecular complexity index is 589. The van der Waals surface area contributed by atoms with Gasteiger partial charge < -0.3 is 20.3 Å². The first-order valence-electron chi connectivity index (χ1n) is 8.65. The Hall–Kier alpha value is -2.34. The molecule has 6 nitrogen and oxygen atoms in total. The van der Waals surface area contributed by atoms with Gasteiger partial charge in [-0.15, -0.1) is 0 Å². The quantitative estimate of drug-likeness (QED) is 0.821. The zero-order valence-electron chi connectivity index (χ0n) is 14.8. The Morgan fingerprint density at radius 3 is 2.80 bits per heavy atom. The number of primary amides is 1. The molecule has 0 saturated carbocycles. The van der Waals surface area contributed by atoms with E-state index < -0.39 is 6.03 Å². The van der Waals surface area contributed by atoms with E-state index in [1.54, 1.807) is 16.9 Å². The fourth-order valence-electron chi connectivity index (χ4n) is 3.01. The van der Waals surface area contributed by atoms with Crippen molar-refractivity contribution in [1.82, 2.24) is 9.80 Å². The summed E-state index contributed by atoms with van der Waals surface area (Å²) in [7, 11) is 1.62. The molecule has 25 heavy (non-hydrogen) atoms. The van der Waals surface area contributed by atoms with Crippen LogP contribution in [0.25, 0.3) is 6.08 Å². The number of likely N-dealkylation sites (tertiary alicyclic amines) is 1. The first kappa shape index (κ1) is 19.0. The lowest BCUT2D eigenvalue weighted by molar-refractivity contribution is -0.137. The van der Waals surface area contributed by atoms with Gasteiger partial charge in [-0.25, -0.2) is 4.79 Å². The number of carbonyl (C=O) groups is 2. The molecule has 3 amide bonds. The van der Waals surface area contributed by atoms with Crippen molar-refractivity contribution in [3.63, 3.8) is 0 Å². The minimum Gasteiger partial charge on any atom is -0.383 e. The molecule has 1 aliphatic heterocycles. The Balaban J connectivity index is 1.98. The number of hydrogen-bond donors (Lipinski definition) is 1. The predicted octanol–water partition coefficient (Wildman–Crippen LogP) is 1.97. The molecule has 1 aromatic carbocycles. The summed E-state index contributed by atoms with van der Waals surface area (Å²) in [6.45, 7) is 2.56. The fraction of sp³-hybridized carbons (Fsp3) is 0.474. The first-order valence-corrected chi connectivity index (χ1v) is 8.65. The van der Waals surface area contributed by atoms with E-state index in [4.69, 9.17) is 10.5 Å². The SMILES string of the molecule is COCCN(C/C=C/c1ccccc1)C(=O)[C@H]1CCCN(C(N)=O)C1. The third-order valence-corrected chi connectivity index (χ3v) is 4.39. The van der Waals surface area contributed by atoms with Crippen LogP contribution < -0.4 is 5.73 Å². The maximum absolute atomic E-state index is 12.9. The molecule has 0 unspecified atom stereocenters. The van der Waals surface area contributed by atoms with Crippen LogP contribution in [0.3, 0.4) is 0 Å². The summed E-state index contributed by atoms with van der Waals surface area (Å²) in [6.07, 6.45) is 5.58. The van der Waals surface area contributed by atoms with E-state index in [9.17, 15) is 9.59 Å². The number of methoxy groups -OCH3 is 1. The largest absolute Gasteiger partial charge is 0.383 e. The normalized spacial score (nSPS) is 17.6. The van der Waals surface area contributed by atoms with E-state index >= 15 is 0 Å². The second kappa shape index (κ2) is 9.84. The monoisotopic (exact) mass is 345 g/mol. The standard InChI is InChI=1S/C19H27N3O3/c1-25-14-13-21(11-5-9-16-7-3-2-4-8-16)18(23)17-10-6-12-22(15-17)19(20)24/h2-5,7-9,17H,6,10-15H2,1H3,(H2,20,24)/b9-5+/t17-/m0/s1. The van der Waals surface area contributed by atoms with Gasteiger partial charge in [-0.3, -0.25) is 4.79 Å². The number of hydrogen-bond acceptors (Lipinski definition) is 3. The molecule has 0 radical (unpaired) electrons. The van der Waals surface area contributed by atoms with Crippen LogP contribution in [-0.4, -0.2) is 61.6 Å². The van der Waals surface area contributed by atoms with Gasteiger partial charge in [0.2, 0.25) is 5.91 Å². The number of rotatable bonds is 7. The van der Waals surface area contributed by atoms with E-state index in [-0.39, 0.29) is 11.8 Å². The van der Waals surface area contributed by atoms with E-state index in [1.807, 2.05) is 42.5 Å². The van der Waals surface area contributed by atoms with Crippen molar-refractivity contribution in [1.29, 1.82) is 0 Å². The summed E-state index contributed by atoms with van der Waals surface area (Å²) < 4.78 is 5.13. The molecule has 1 atom stereocenters. The van der Waals surface area contributed by atoms with Crippen molar-refractivity contribution in [3.05, 3.63) is 42.0 Å². The Labute approximate surface area is 149 Å². The molecular weight excluding hydrogens is 318 g/mol. The molecule has 1 aliphatic rings. The summed E-state index contributed by atoms with van der Waals surface area (Å²) >= 11 is 0. The van der Waals surface area contributed by atoms with Crippen LogP contribution in [0.4, 0.5) is 4.79 Å². The first-order chi connectivity index (χ1) is 12.1. The van der Waals surface area contributed by atoms with Gasteiger partial charge >= 0.3 is 6.03 Å². The molecule has 1 saturated heterocycles. The fourth-order valence-corrected chi connectivity index (χ4v) is 3.01. The highest BCUT2D eigenvalue weighted by Gasteiger charge is 2.30. The van der Waals surface area contributed by atoms with Crippen LogP contribution >= 0.6 is 0 Å². The topological polar surface area (TPSA) is 75.9 Å². The van der Waals surface area contributed by atoms with Crippen LogP contribution in [0.5, 0.6) is 0 Å². The van der Waals surface area contributed by atoms with Gasteiger partial charge in [0.25, 0.3) is 0 Å². The molecule has 0 aromatic heterocycles. The lowest BCUT2D eigenvalue weighted by Crippen LogP contribution is -2.48. The van der Waals surface area contributed by atoms with E-state index in [0.29, 0.717) is 32.8 Å². The van der Waals surface area contributed by atoms with Crippen LogP contribution in [0.2, 0.25) is 0 Å². The summed E-state index contributed by atoms with van der Waals surface area (Å²) in [4.78, 5) is 27.6. The minimum absolute atomic E-state index is 0.0562. The van der Waals surface area contributed by atoms with Crippen molar-refractivity contribution in [2.24, 2.45) is 11.7 Å². The highest BCUT2D eigenvalue weighted by Crippen LogP contribution is 2.19. The lowest BCUT2D eigenvalue weighted by atomic mass is 9.96. The Morgan fingerprint density at radius 1 is 1.36 bits per heavy atom. The van der Waals surface area contributed by atoms with Crippen LogP contribution in [0.15, 0.2) is 36.4 Å². The number of amides is 3. The minimum atomic E-state index is -0.454. The maximum Gasteiger partial charge on any atom is 0.314 e. The second-order valence-corrected chi connectivity index (χ2v) is 6.21. The van der Waals surface area contributed by atoms with Gasteiger partial charge in [0.05, 0.1) is 12.5 Å². The van der Waals surface area contributed by atoms with Crippen LogP contribution in [0, 0.1) is 5.92 Å². The van der Waals surface area contributed by atoms with E-state index in [0.717, 1.165) is 18.4 Å². The third kappa shape index (κ3) is 5.90. The number of carbonyl (C=O) groups excluding carboxylic acids is 2. The van der Waals surface area contributed by atoms with Gasteiger partial charge in [0.1, 0.15) is 0 Å². The van der Waals surface area contributed by atoms with Crippen molar-refractivity contribution in [3.8, 4) is 0 Å². The highest BCUT2D eigenvalue weighted by molar-refractivity contribution is 5.81. The van der Waals surface area contributed by atoms with E-state index in [1.165, 1.54) is 0 Å². The second-order valence-electron chi connectivity index (χ2n) is 6.21. The average Bonchev–Trinajstić information content (AvgIpc) is 2.65. The van der Waals surface area contributed by atoms with Gasteiger partial charge in [-0.05, 0) is 18.4 Å². The predicted molar refractivity (Wildman–Crippen MR) is 97.8 cm³/mol. The molecule has 2 N–H and O–H groups in total. The molecule has 136 valence electrons. The van der Waals surface area contributed by atoms with Gasteiger partial charge in [-0.1, -0.05) is 42.5 Å². The average molecular weight is 345 g/mol. The summed E-state index contributed by atoms with van der Waals surface area (Å²) in [6, 6.07) is 9.51. The van der Waals surface area contributed by atoms with Gasteiger partial charge in [0.15, 0.2) is 0 Å². The molecule has 0 aliphatic carbocycles. The van der Waals surface area contributed by atoms with Gasteiger partial charge in [0, 0.05) is 33.3 Å². The molecule has 1 aromatic rings. The summed E-state index contributed by atoms with van der Waals surface area (Å²) in [5.74, 6) is -0.135. The van der Waals surface area contributed by atoms with Crippen molar-refractivity contribution < 1.29 is 14.3 Å².